The molecule has 1 rings (SSSR count). The van der Waals surface area contributed by atoms with Crippen LogP contribution in [0, 0.1) is 6.92 Å². The first kappa shape index (κ1) is 28.9. The monoisotopic (exact) mass is 472 g/mol. The summed E-state index contributed by atoms with van der Waals surface area (Å²) in [5.74, 6) is 1.29. The van der Waals surface area contributed by atoms with E-state index in [1.165, 1.54) is 22.3 Å². The van der Waals surface area contributed by atoms with E-state index in [4.69, 9.17) is 0 Å². The number of carbonyl (C=O) groups is 1. The third-order valence-electron chi connectivity index (χ3n) is 5.44. The summed E-state index contributed by atoms with van der Waals surface area (Å²) >= 11 is 1.65. The molecule has 0 saturated carbocycles. The second-order valence-corrected chi connectivity index (χ2v) is 10.3. The molecule has 0 aliphatic carbocycles. The number of hydrogen-bond acceptors (Lipinski definition) is 3. The van der Waals surface area contributed by atoms with E-state index in [1.54, 1.807) is 11.8 Å². The van der Waals surface area contributed by atoms with Crippen molar-refractivity contribution in [1.82, 2.24) is 4.98 Å². The van der Waals surface area contributed by atoms with E-state index in [2.05, 4.69) is 69.2 Å². The van der Waals surface area contributed by atoms with Crippen LogP contribution < -0.4 is 5.32 Å². The molecular formula is C28H44N2O2S. The van der Waals surface area contributed by atoms with Gasteiger partial charge in [-0.2, -0.15) is 11.8 Å². The van der Waals surface area contributed by atoms with E-state index in [-0.39, 0.29) is 0 Å². The lowest BCUT2D eigenvalue weighted by molar-refractivity contribution is -0.137. The normalized spacial score (nSPS) is 13.7. The van der Waals surface area contributed by atoms with Crippen LogP contribution >= 0.6 is 11.8 Å². The molecule has 0 aliphatic rings. The van der Waals surface area contributed by atoms with Gasteiger partial charge < -0.3 is 15.4 Å². The summed E-state index contributed by atoms with van der Waals surface area (Å²) in [7, 11) is 0. The minimum Gasteiger partial charge on any atom is -0.480 e. The van der Waals surface area contributed by atoms with Crippen LogP contribution in [-0.2, 0) is 4.79 Å². The highest BCUT2D eigenvalue weighted by Gasteiger charge is 2.17. The van der Waals surface area contributed by atoms with Crippen molar-refractivity contribution >= 4 is 23.5 Å². The molecule has 1 unspecified atom stereocenters. The number of hydrogen-bond donors (Lipinski definition) is 3. The molecule has 184 valence electrons. The van der Waals surface area contributed by atoms with Crippen LogP contribution in [0.25, 0.3) is 0 Å². The Labute approximate surface area is 205 Å². The van der Waals surface area contributed by atoms with E-state index in [1.807, 2.05) is 19.2 Å². The molecule has 3 N–H and O–H groups in total. The number of aromatic nitrogens is 1. The molecule has 1 aromatic heterocycles. The maximum atomic E-state index is 11.5. The van der Waals surface area contributed by atoms with Gasteiger partial charge in [0.2, 0.25) is 0 Å². The number of H-pyrrole nitrogens is 1. The zero-order valence-electron chi connectivity index (χ0n) is 21.5. The quantitative estimate of drug-likeness (QED) is 0.168. The molecule has 0 saturated heterocycles. The van der Waals surface area contributed by atoms with Gasteiger partial charge in [-0.05, 0) is 91.7 Å². The van der Waals surface area contributed by atoms with Crippen LogP contribution in [0.2, 0.25) is 0 Å². The van der Waals surface area contributed by atoms with E-state index >= 15 is 0 Å². The van der Waals surface area contributed by atoms with Gasteiger partial charge in [0.15, 0.2) is 0 Å². The van der Waals surface area contributed by atoms with Gasteiger partial charge in [0.25, 0.3) is 0 Å². The molecule has 33 heavy (non-hydrogen) atoms. The Morgan fingerprint density at radius 3 is 2.00 bits per heavy atom. The van der Waals surface area contributed by atoms with Gasteiger partial charge in [0, 0.05) is 17.7 Å². The van der Waals surface area contributed by atoms with Gasteiger partial charge >= 0.3 is 5.97 Å². The standard InChI is InChI=1S/C28H44N2O2S/c1-21(2)10-7-11-22(3)12-8-13-23(4)14-9-15-24(5)16-17-33-20-26(28(31)32)30-27-18-25(6)19-29-27/h10,12,14,16,18-19,26,29-30H,7-9,11,13,15,17,20H2,1-6H3,(H,31,32)/b22-12+,23-14+,24-16+. The molecule has 0 aliphatic heterocycles. The molecule has 1 aromatic rings. The minimum atomic E-state index is -0.825. The lowest BCUT2D eigenvalue weighted by Gasteiger charge is -2.13. The fourth-order valence-corrected chi connectivity index (χ4v) is 4.32. The molecule has 1 atom stereocenters. The van der Waals surface area contributed by atoms with E-state index in [0.29, 0.717) is 5.75 Å². The first-order valence-corrected chi connectivity index (χ1v) is 13.1. The minimum absolute atomic E-state index is 0.525. The first-order valence-electron chi connectivity index (χ1n) is 12.0. The van der Waals surface area contributed by atoms with E-state index in [0.717, 1.165) is 55.7 Å². The summed E-state index contributed by atoms with van der Waals surface area (Å²) in [5, 5.41) is 12.5. The third kappa shape index (κ3) is 14.6. The Hall–Kier alpha value is -2.14. The topological polar surface area (TPSA) is 65.1 Å². The Morgan fingerprint density at radius 2 is 1.52 bits per heavy atom. The lowest BCUT2D eigenvalue weighted by Crippen LogP contribution is -2.31. The number of thioether (sulfide) groups is 1. The van der Waals surface area contributed by atoms with Gasteiger partial charge in [-0.3, -0.25) is 0 Å². The van der Waals surface area contributed by atoms with Gasteiger partial charge in [-0.15, -0.1) is 0 Å². The highest BCUT2D eigenvalue weighted by molar-refractivity contribution is 7.99. The fraction of sp³-hybridized carbons (Fsp3) is 0.536. The zero-order chi connectivity index (χ0) is 24.6. The molecule has 0 spiro atoms. The zero-order valence-corrected chi connectivity index (χ0v) is 22.3. The van der Waals surface area contributed by atoms with Crippen molar-refractivity contribution < 1.29 is 9.90 Å². The summed E-state index contributed by atoms with van der Waals surface area (Å²) in [6, 6.07) is 1.32. The fourth-order valence-electron chi connectivity index (χ4n) is 3.32. The Kier molecular flexibility index (Phi) is 14.4. The first-order chi connectivity index (χ1) is 15.7. The van der Waals surface area contributed by atoms with Crippen LogP contribution in [0.1, 0.15) is 78.7 Å². The molecule has 0 amide bonds. The van der Waals surface area contributed by atoms with Crippen molar-refractivity contribution in [2.24, 2.45) is 0 Å². The van der Waals surface area contributed by atoms with Crippen LogP contribution in [0.5, 0.6) is 0 Å². The molecule has 5 heteroatoms. The number of nitrogens with one attached hydrogen (secondary N) is 2. The summed E-state index contributed by atoms with van der Waals surface area (Å²) in [4.78, 5) is 14.6. The SMILES string of the molecule is CC(C)=CCC/C(C)=C/CC/C(C)=C/CC/C(C)=C/CSCC(Nc1cc(C)c[nH]1)C(=O)O. The summed E-state index contributed by atoms with van der Waals surface area (Å²) < 4.78 is 0. The predicted molar refractivity (Wildman–Crippen MR) is 146 cm³/mol. The summed E-state index contributed by atoms with van der Waals surface area (Å²) in [5.41, 5.74) is 6.79. The average molecular weight is 473 g/mol. The number of carboxylic acid groups (broad SMARTS) is 1. The van der Waals surface area contributed by atoms with Crippen LogP contribution in [0.4, 0.5) is 5.82 Å². The molecule has 1 heterocycles. The summed E-state index contributed by atoms with van der Waals surface area (Å²) in [6.07, 6.45) is 17.8. The van der Waals surface area contributed by atoms with Crippen molar-refractivity contribution in [1.29, 1.82) is 0 Å². The highest BCUT2D eigenvalue weighted by Crippen LogP contribution is 2.15. The second-order valence-electron chi connectivity index (χ2n) is 9.21. The Morgan fingerprint density at radius 1 is 0.970 bits per heavy atom. The molecular weight excluding hydrogens is 428 g/mol. The largest absolute Gasteiger partial charge is 0.480 e. The second kappa shape index (κ2) is 16.5. The molecule has 0 bridgehead atoms. The van der Waals surface area contributed by atoms with Crippen LogP contribution in [0.3, 0.4) is 0 Å². The molecule has 0 fully saturated rings. The molecule has 4 nitrogen and oxygen atoms in total. The van der Waals surface area contributed by atoms with Gasteiger partial charge in [0.05, 0.1) is 0 Å². The number of carboxylic acids is 1. The number of allylic oxidation sites excluding steroid dienone is 7. The molecule has 0 aromatic carbocycles. The van der Waals surface area contributed by atoms with Crippen molar-refractivity contribution in [3.63, 3.8) is 0 Å². The Bertz CT molecular complexity index is 842. The summed E-state index contributed by atoms with van der Waals surface area (Å²) in [6.45, 7) is 12.9. The van der Waals surface area contributed by atoms with Crippen LogP contribution in [0.15, 0.2) is 58.9 Å². The molecule has 0 radical (unpaired) electrons. The van der Waals surface area contributed by atoms with Crippen molar-refractivity contribution in [2.75, 3.05) is 16.8 Å². The smallest absolute Gasteiger partial charge is 0.327 e. The van der Waals surface area contributed by atoms with Crippen LogP contribution in [-0.4, -0.2) is 33.6 Å². The van der Waals surface area contributed by atoms with Crippen molar-refractivity contribution in [3.05, 3.63) is 64.4 Å². The van der Waals surface area contributed by atoms with Gasteiger partial charge in [-0.25, -0.2) is 4.79 Å². The van der Waals surface area contributed by atoms with E-state index < -0.39 is 12.0 Å². The number of aliphatic carboxylic acids is 1. The third-order valence-corrected chi connectivity index (χ3v) is 6.41. The Balaban J connectivity index is 2.27. The van der Waals surface area contributed by atoms with E-state index in [9.17, 15) is 9.90 Å². The number of anilines is 1. The predicted octanol–water partition coefficient (Wildman–Crippen LogP) is 8.07. The average Bonchev–Trinajstić information content (AvgIpc) is 3.14. The van der Waals surface area contributed by atoms with Gasteiger partial charge in [0.1, 0.15) is 11.9 Å². The number of aromatic amines is 1. The lowest BCUT2D eigenvalue weighted by atomic mass is 10.0. The maximum absolute atomic E-state index is 11.5. The number of aryl methyl sites for hydroxylation is 1. The van der Waals surface area contributed by atoms with Crippen molar-refractivity contribution in [3.8, 4) is 0 Å². The number of rotatable bonds is 16. The van der Waals surface area contributed by atoms with Gasteiger partial charge in [-0.1, -0.05) is 46.6 Å². The maximum Gasteiger partial charge on any atom is 0.327 e. The van der Waals surface area contributed by atoms with Crippen molar-refractivity contribution in [2.45, 2.75) is 86.1 Å². The highest BCUT2D eigenvalue weighted by atomic mass is 32.2.